The van der Waals surface area contributed by atoms with Crippen LogP contribution in [0.3, 0.4) is 0 Å². The molecule has 1 amide bonds. The molecule has 0 radical (unpaired) electrons. The third kappa shape index (κ3) is 5.01. The molecule has 3 heteroatoms. The van der Waals surface area contributed by atoms with Crippen molar-refractivity contribution in [2.45, 2.75) is 0 Å². The molecule has 0 heterocycles. The highest BCUT2D eigenvalue weighted by atomic mass is 16.4. The Morgan fingerprint density at radius 2 is 2.57 bits per heavy atom. The van der Waals surface area contributed by atoms with E-state index in [0.717, 1.165) is 0 Å². The van der Waals surface area contributed by atoms with Gasteiger partial charge in [0, 0.05) is 6.54 Å². The van der Waals surface area contributed by atoms with E-state index in [1.807, 2.05) is 5.32 Å². The summed E-state index contributed by atoms with van der Waals surface area (Å²) in [7, 11) is 0. The van der Waals surface area contributed by atoms with Gasteiger partial charge in [-0.05, 0) is 0 Å². The number of carbonyl (C=O) groups is 1. The third-order valence-electron chi connectivity index (χ3n) is 0.391. The van der Waals surface area contributed by atoms with Crippen LogP contribution in [0.5, 0.6) is 0 Å². The van der Waals surface area contributed by atoms with Crippen LogP contribution in [0.15, 0.2) is 12.7 Å². The number of carboxylic acid groups (broad SMARTS) is 1. The molecule has 0 saturated carbocycles. The first-order valence-corrected chi connectivity index (χ1v) is 1.83. The minimum absolute atomic E-state index is 0.252. The highest BCUT2D eigenvalue weighted by Crippen LogP contribution is 1.55. The molecule has 0 atom stereocenters. The van der Waals surface area contributed by atoms with Crippen molar-refractivity contribution in [3.63, 3.8) is 0 Å². The first-order chi connectivity index (χ1) is 3.27. The lowest BCUT2D eigenvalue weighted by Gasteiger charge is -1.99. The van der Waals surface area contributed by atoms with E-state index in [9.17, 15) is 9.90 Å². The van der Waals surface area contributed by atoms with Gasteiger partial charge in [-0.3, -0.25) is 0 Å². The van der Waals surface area contributed by atoms with Gasteiger partial charge in [0.2, 0.25) is 0 Å². The molecule has 0 aromatic heterocycles. The van der Waals surface area contributed by atoms with Crippen LogP contribution in [0.1, 0.15) is 0 Å². The molecule has 0 aliphatic heterocycles. The van der Waals surface area contributed by atoms with Gasteiger partial charge < -0.3 is 15.2 Å². The Bertz CT molecular complexity index is 79.8. The average Bonchev–Trinajstić information content (AvgIpc) is 1.61. The van der Waals surface area contributed by atoms with E-state index in [0.29, 0.717) is 0 Å². The van der Waals surface area contributed by atoms with Crippen molar-refractivity contribution in [3.8, 4) is 0 Å². The van der Waals surface area contributed by atoms with Crippen LogP contribution >= 0.6 is 0 Å². The summed E-state index contributed by atoms with van der Waals surface area (Å²) in [5.41, 5.74) is 0. The molecule has 0 spiro atoms. The maximum Gasteiger partial charge on any atom is 0.134 e. The zero-order valence-corrected chi connectivity index (χ0v) is 3.81. The first-order valence-electron chi connectivity index (χ1n) is 1.83. The Morgan fingerprint density at radius 3 is 2.71 bits per heavy atom. The molecule has 1 N–H and O–H groups in total. The molecule has 0 unspecified atom stereocenters. The molecule has 3 nitrogen and oxygen atoms in total. The molecular formula is C4H6NO2-. The summed E-state index contributed by atoms with van der Waals surface area (Å²) in [6, 6.07) is 0. The van der Waals surface area contributed by atoms with E-state index in [2.05, 4.69) is 6.58 Å². The number of amides is 1. The van der Waals surface area contributed by atoms with E-state index < -0.39 is 6.09 Å². The van der Waals surface area contributed by atoms with Crippen molar-refractivity contribution in [1.29, 1.82) is 0 Å². The predicted molar refractivity (Wildman–Crippen MR) is 23.6 cm³/mol. The number of carbonyl (C=O) groups excluding carboxylic acids is 1. The second-order valence-electron chi connectivity index (χ2n) is 0.957. The van der Waals surface area contributed by atoms with Crippen molar-refractivity contribution in [1.82, 2.24) is 5.32 Å². The second kappa shape index (κ2) is 3.21. The molecule has 7 heavy (non-hydrogen) atoms. The van der Waals surface area contributed by atoms with E-state index in [1.165, 1.54) is 6.08 Å². The zero-order valence-electron chi connectivity index (χ0n) is 3.81. The number of hydrogen-bond donors (Lipinski definition) is 1. The van der Waals surface area contributed by atoms with Gasteiger partial charge in [0.15, 0.2) is 0 Å². The maximum absolute atomic E-state index is 9.49. The first kappa shape index (κ1) is 6.01. The average molecular weight is 100 g/mol. The Kier molecular flexibility index (Phi) is 2.76. The van der Waals surface area contributed by atoms with Crippen LogP contribution in [0.4, 0.5) is 4.79 Å². The molecule has 0 saturated heterocycles. The van der Waals surface area contributed by atoms with E-state index in [-0.39, 0.29) is 6.54 Å². The molecule has 40 valence electrons. The van der Waals surface area contributed by atoms with Gasteiger partial charge in [-0.25, -0.2) is 0 Å². The van der Waals surface area contributed by atoms with Crippen molar-refractivity contribution in [2.75, 3.05) is 6.54 Å². The topological polar surface area (TPSA) is 52.2 Å². The van der Waals surface area contributed by atoms with Crippen LogP contribution in [-0.2, 0) is 0 Å². The Balaban J connectivity index is 2.97. The Hall–Kier alpha value is -0.990. The minimum Gasteiger partial charge on any atom is -0.530 e. The Morgan fingerprint density at radius 1 is 2.00 bits per heavy atom. The zero-order chi connectivity index (χ0) is 5.70. The molecular weight excluding hydrogens is 94.0 g/mol. The molecule has 0 aliphatic rings. The summed E-state index contributed by atoms with van der Waals surface area (Å²) >= 11 is 0. The monoisotopic (exact) mass is 100 g/mol. The lowest BCUT2D eigenvalue weighted by atomic mass is 10.6. The maximum atomic E-state index is 9.49. The van der Waals surface area contributed by atoms with Crippen LogP contribution < -0.4 is 10.4 Å². The normalized spacial score (nSPS) is 7.43. The van der Waals surface area contributed by atoms with Crippen LogP contribution in [-0.4, -0.2) is 12.6 Å². The van der Waals surface area contributed by atoms with E-state index >= 15 is 0 Å². The van der Waals surface area contributed by atoms with Crippen LogP contribution in [0.25, 0.3) is 0 Å². The molecule has 0 fully saturated rings. The predicted octanol–water partition coefficient (Wildman–Crippen LogP) is -0.895. The van der Waals surface area contributed by atoms with Gasteiger partial charge in [0.1, 0.15) is 6.09 Å². The largest absolute Gasteiger partial charge is 0.530 e. The van der Waals surface area contributed by atoms with E-state index in [4.69, 9.17) is 0 Å². The highest BCUT2D eigenvalue weighted by molar-refractivity contribution is 5.61. The summed E-state index contributed by atoms with van der Waals surface area (Å²) < 4.78 is 0. The van der Waals surface area contributed by atoms with Crippen molar-refractivity contribution in [3.05, 3.63) is 12.7 Å². The molecule has 0 aromatic carbocycles. The second-order valence-corrected chi connectivity index (χ2v) is 0.957. The standard InChI is InChI=1S/C4H7NO2/c1-2-3-5-4(6)7/h2,5H,1,3H2,(H,6,7)/p-1. The van der Waals surface area contributed by atoms with Gasteiger partial charge >= 0.3 is 0 Å². The quantitative estimate of drug-likeness (QED) is 0.457. The van der Waals surface area contributed by atoms with Crippen molar-refractivity contribution in [2.24, 2.45) is 0 Å². The summed E-state index contributed by atoms with van der Waals surface area (Å²) in [6.07, 6.45) is 0.176. The van der Waals surface area contributed by atoms with Crippen LogP contribution in [0.2, 0.25) is 0 Å². The summed E-state index contributed by atoms with van der Waals surface area (Å²) in [5, 5.41) is 11.5. The fraction of sp³-hybridized carbons (Fsp3) is 0.250. The summed E-state index contributed by atoms with van der Waals surface area (Å²) in [4.78, 5) is 9.49. The fourth-order valence-electron chi connectivity index (χ4n) is 0.156. The Labute approximate surface area is 41.7 Å². The van der Waals surface area contributed by atoms with Gasteiger partial charge in [-0.2, -0.15) is 0 Å². The number of rotatable bonds is 2. The third-order valence-corrected chi connectivity index (χ3v) is 0.391. The van der Waals surface area contributed by atoms with Crippen LogP contribution in [0, 0.1) is 0 Å². The highest BCUT2D eigenvalue weighted by Gasteiger charge is 1.72. The van der Waals surface area contributed by atoms with Crippen molar-refractivity contribution >= 4 is 6.09 Å². The SMILES string of the molecule is C=CCNC(=O)[O-]. The molecule has 0 aliphatic carbocycles. The van der Waals surface area contributed by atoms with Gasteiger partial charge in [-0.1, -0.05) is 6.08 Å². The minimum atomic E-state index is -1.26. The molecule has 0 aromatic rings. The lowest BCUT2D eigenvalue weighted by Crippen LogP contribution is -2.36. The fourth-order valence-corrected chi connectivity index (χ4v) is 0.156. The van der Waals surface area contributed by atoms with Crippen molar-refractivity contribution < 1.29 is 9.90 Å². The smallest absolute Gasteiger partial charge is 0.134 e. The summed E-state index contributed by atoms with van der Waals surface area (Å²) in [5.74, 6) is 0. The van der Waals surface area contributed by atoms with Gasteiger partial charge in [0.25, 0.3) is 0 Å². The number of nitrogens with one attached hydrogen (secondary N) is 1. The molecule has 0 rings (SSSR count). The van der Waals surface area contributed by atoms with E-state index in [1.54, 1.807) is 0 Å². The van der Waals surface area contributed by atoms with Gasteiger partial charge in [0.05, 0.1) is 0 Å². The molecule has 0 bridgehead atoms. The summed E-state index contributed by atoms with van der Waals surface area (Å²) in [6.45, 7) is 3.53. The number of hydrogen-bond acceptors (Lipinski definition) is 2. The van der Waals surface area contributed by atoms with Gasteiger partial charge in [-0.15, -0.1) is 6.58 Å². The lowest BCUT2D eigenvalue weighted by molar-refractivity contribution is -0.250.